The number of likely N-dealkylation sites (tertiary alicyclic amines) is 1. The van der Waals surface area contributed by atoms with Crippen molar-refractivity contribution in [2.24, 2.45) is 10.2 Å². The van der Waals surface area contributed by atoms with Gasteiger partial charge in [-0.15, -0.1) is 0 Å². The van der Waals surface area contributed by atoms with E-state index in [0.717, 1.165) is 30.7 Å². The van der Waals surface area contributed by atoms with Crippen molar-refractivity contribution in [2.75, 3.05) is 25.6 Å². The van der Waals surface area contributed by atoms with Crippen LogP contribution >= 0.6 is 0 Å². The summed E-state index contributed by atoms with van der Waals surface area (Å²) in [5, 5.41) is 13.8. The zero-order chi connectivity index (χ0) is 16.1. The molecule has 0 bridgehead atoms. The Hall–Kier alpha value is -2.40. The third-order valence-corrected chi connectivity index (χ3v) is 5.46. The van der Waals surface area contributed by atoms with E-state index in [1.54, 1.807) is 0 Å². The lowest BCUT2D eigenvalue weighted by Crippen LogP contribution is -2.43. The maximum atomic E-state index is 4.99. The van der Waals surface area contributed by atoms with Gasteiger partial charge in [-0.25, -0.2) is 0 Å². The summed E-state index contributed by atoms with van der Waals surface area (Å²) in [6, 6.07) is 9.34. The largest absolute Gasteiger partial charge is 0.306 e. The summed E-state index contributed by atoms with van der Waals surface area (Å²) in [6.45, 7) is 3.22. The number of fused-ring (bicyclic) bond motifs is 2. The maximum absolute atomic E-state index is 4.99. The molecule has 24 heavy (non-hydrogen) atoms. The second-order valence-electron chi connectivity index (χ2n) is 6.98. The van der Waals surface area contributed by atoms with Crippen molar-refractivity contribution < 1.29 is 0 Å². The van der Waals surface area contributed by atoms with Gasteiger partial charge in [-0.1, -0.05) is 12.1 Å². The van der Waals surface area contributed by atoms with E-state index in [-0.39, 0.29) is 0 Å². The van der Waals surface area contributed by atoms with Crippen molar-refractivity contribution in [1.29, 1.82) is 0 Å². The summed E-state index contributed by atoms with van der Waals surface area (Å²) in [5.74, 6) is 0. The topological polar surface area (TPSA) is 43.2 Å². The quantitative estimate of drug-likeness (QED) is 0.865. The predicted octanol–water partition coefficient (Wildman–Crippen LogP) is 1.43. The highest BCUT2D eigenvalue weighted by Gasteiger charge is 2.27. The molecule has 0 unspecified atom stereocenters. The molecule has 0 aromatic rings. The van der Waals surface area contributed by atoms with E-state index in [2.05, 4.69) is 57.8 Å². The Labute approximate surface area is 141 Å². The number of hydrazone groups is 1. The van der Waals surface area contributed by atoms with Crippen LogP contribution in [-0.2, 0) is 6.54 Å². The fourth-order valence-corrected chi connectivity index (χ4v) is 4.08. The predicted molar refractivity (Wildman–Crippen MR) is 96.5 cm³/mol. The van der Waals surface area contributed by atoms with Crippen LogP contribution in [0.4, 0.5) is 5.69 Å². The fourth-order valence-electron chi connectivity index (χ4n) is 4.08. The third kappa shape index (κ3) is 2.12. The molecular weight excluding hydrogens is 298 g/mol. The molecule has 122 valence electrons. The number of hydrogen-bond donors (Lipinski definition) is 1. The Balaban J connectivity index is 1.60. The van der Waals surface area contributed by atoms with Gasteiger partial charge in [0.2, 0.25) is 0 Å². The first-order valence-electron chi connectivity index (χ1n) is 8.67. The van der Waals surface area contributed by atoms with Gasteiger partial charge < -0.3 is 4.90 Å². The van der Waals surface area contributed by atoms with Gasteiger partial charge in [-0.3, -0.25) is 10.4 Å². The minimum absolute atomic E-state index is 0.549. The summed E-state index contributed by atoms with van der Waals surface area (Å²) in [5.41, 5.74) is 8.12. The Morgan fingerprint density at radius 3 is 2.88 bits per heavy atom. The molecule has 0 amide bonds. The van der Waals surface area contributed by atoms with Crippen LogP contribution in [0.2, 0.25) is 0 Å². The molecule has 1 fully saturated rings. The van der Waals surface area contributed by atoms with Crippen molar-refractivity contribution in [2.45, 2.75) is 25.4 Å². The molecule has 1 saturated heterocycles. The number of nitrogens with zero attached hydrogens (tertiary/aromatic N) is 4. The summed E-state index contributed by atoms with van der Waals surface area (Å²) in [4.78, 5) is 2.41. The zero-order valence-electron chi connectivity index (χ0n) is 13.9. The average molecular weight is 319 g/mol. The van der Waals surface area contributed by atoms with Crippen LogP contribution < -0.4 is 16.0 Å². The van der Waals surface area contributed by atoms with Crippen LogP contribution in [0.15, 0.2) is 34.5 Å². The van der Waals surface area contributed by atoms with Crippen LogP contribution in [0, 0.1) is 0 Å². The van der Waals surface area contributed by atoms with Crippen LogP contribution in [0.5, 0.6) is 0 Å². The van der Waals surface area contributed by atoms with E-state index in [0.29, 0.717) is 6.04 Å². The first-order valence-corrected chi connectivity index (χ1v) is 8.67. The van der Waals surface area contributed by atoms with E-state index in [1.165, 1.54) is 34.8 Å². The van der Waals surface area contributed by atoms with E-state index in [1.807, 2.05) is 6.21 Å². The standard InChI is InChI=1S/C19H21N5/c1-23-10-7-15(8-11-23)24-12-14-3-2-13-6-9-20-21-19(13)16-4-5-17(22-24)18(14)16/h2-6,9,15,21H,7-8,10-12H2,1H3. The molecule has 3 aliphatic heterocycles. The summed E-state index contributed by atoms with van der Waals surface area (Å²) < 4.78 is 0. The second kappa shape index (κ2) is 5.31. The maximum Gasteiger partial charge on any atom is 0.0914 e. The number of piperidine rings is 1. The van der Waals surface area contributed by atoms with Gasteiger partial charge in [0.1, 0.15) is 0 Å². The first kappa shape index (κ1) is 14.0. The van der Waals surface area contributed by atoms with Crippen molar-refractivity contribution in [3.05, 3.63) is 40.4 Å². The molecule has 0 atom stereocenters. The lowest BCUT2D eigenvalue weighted by atomic mass is 10.0. The molecule has 3 heterocycles. The Bertz CT molecular complexity index is 908. The number of hydrogen-bond acceptors (Lipinski definition) is 5. The zero-order valence-corrected chi connectivity index (χ0v) is 13.9. The number of nitrogens with one attached hydrogen (secondary N) is 1. The highest BCUT2D eigenvalue weighted by atomic mass is 15.5. The van der Waals surface area contributed by atoms with E-state index in [9.17, 15) is 0 Å². The highest BCUT2D eigenvalue weighted by Crippen LogP contribution is 2.32. The number of anilines is 1. The number of rotatable bonds is 1. The molecule has 2 aliphatic carbocycles. The lowest BCUT2D eigenvalue weighted by Gasteiger charge is -2.37. The van der Waals surface area contributed by atoms with Gasteiger partial charge in [0.25, 0.3) is 0 Å². The van der Waals surface area contributed by atoms with Gasteiger partial charge in [-0.05, 0) is 56.8 Å². The Morgan fingerprint density at radius 1 is 1.12 bits per heavy atom. The smallest absolute Gasteiger partial charge is 0.0914 e. The second-order valence-corrected chi connectivity index (χ2v) is 6.98. The molecular formula is C19H21N5. The van der Waals surface area contributed by atoms with Crippen molar-refractivity contribution >= 4 is 18.0 Å². The van der Waals surface area contributed by atoms with Gasteiger partial charge in [-0.2, -0.15) is 10.2 Å². The summed E-state index contributed by atoms with van der Waals surface area (Å²) in [7, 11) is 2.20. The molecule has 0 radical (unpaired) electrons. The van der Waals surface area contributed by atoms with Gasteiger partial charge in [0.15, 0.2) is 0 Å². The molecule has 0 saturated carbocycles. The van der Waals surface area contributed by atoms with Crippen LogP contribution in [0.25, 0.3) is 17.2 Å². The third-order valence-electron chi connectivity index (χ3n) is 5.46. The highest BCUT2D eigenvalue weighted by molar-refractivity contribution is 5.96. The molecule has 5 heteroatoms. The molecule has 0 aromatic heterocycles. The van der Waals surface area contributed by atoms with E-state index in [4.69, 9.17) is 5.10 Å². The Morgan fingerprint density at radius 2 is 2.00 bits per heavy atom. The minimum Gasteiger partial charge on any atom is -0.306 e. The molecule has 1 N–H and O–H groups in total. The van der Waals surface area contributed by atoms with Crippen LogP contribution in [-0.4, -0.2) is 42.3 Å². The van der Waals surface area contributed by atoms with Crippen molar-refractivity contribution in [3.8, 4) is 11.1 Å². The van der Waals surface area contributed by atoms with E-state index >= 15 is 0 Å². The molecule has 0 aromatic carbocycles. The molecule has 5 nitrogen and oxygen atoms in total. The Kier molecular flexibility index (Phi) is 3.10. The van der Waals surface area contributed by atoms with Gasteiger partial charge >= 0.3 is 0 Å². The monoisotopic (exact) mass is 319 g/mol. The van der Waals surface area contributed by atoms with Crippen molar-refractivity contribution in [1.82, 2.24) is 9.91 Å². The minimum atomic E-state index is 0.549. The summed E-state index contributed by atoms with van der Waals surface area (Å²) >= 11 is 0. The normalized spacial score (nSPS) is 20.3. The molecule has 5 aliphatic rings. The van der Waals surface area contributed by atoms with E-state index < -0.39 is 0 Å². The first-order chi connectivity index (χ1) is 11.8. The molecule has 0 spiro atoms. The average Bonchev–Trinajstić information content (AvgIpc) is 2.97. The van der Waals surface area contributed by atoms with Crippen LogP contribution in [0.3, 0.4) is 0 Å². The fraction of sp³-hybridized carbons (Fsp3) is 0.368. The molecule has 5 rings (SSSR count). The van der Waals surface area contributed by atoms with Gasteiger partial charge in [0.05, 0.1) is 17.6 Å². The lowest BCUT2D eigenvalue weighted by molar-refractivity contribution is 0.112. The summed E-state index contributed by atoms with van der Waals surface area (Å²) in [6.07, 6.45) is 6.26. The van der Waals surface area contributed by atoms with Gasteiger partial charge in [0, 0.05) is 28.6 Å². The SMILES string of the molecule is CN1CCC(N2Cc3ccc4c(c5ccc(c3-5)=N2)NN=CC=4)CC1. The van der Waals surface area contributed by atoms with Crippen LogP contribution in [0.1, 0.15) is 18.4 Å². The van der Waals surface area contributed by atoms with Crippen molar-refractivity contribution in [3.63, 3.8) is 0 Å².